The van der Waals surface area contributed by atoms with Crippen molar-refractivity contribution in [3.63, 3.8) is 0 Å². The number of nitrogens with one attached hydrogen (secondary N) is 1. The number of rotatable bonds is 14. The minimum Gasteiger partial charge on any atom is -0.493 e. The van der Waals surface area contributed by atoms with Crippen molar-refractivity contribution in [3.8, 4) is 5.75 Å². The van der Waals surface area contributed by atoms with Crippen LogP contribution in [0.4, 0.5) is 0 Å². The first-order chi connectivity index (χ1) is 20.4. The summed E-state index contributed by atoms with van der Waals surface area (Å²) in [5.41, 5.74) is 9.82. The van der Waals surface area contributed by atoms with Crippen LogP contribution >= 0.6 is 23.1 Å². The molecule has 0 fully saturated rings. The summed E-state index contributed by atoms with van der Waals surface area (Å²) in [6.07, 6.45) is 2.77. The van der Waals surface area contributed by atoms with Gasteiger partial charge in [0.1, 0.15) is 16.0 Å². The Hall–Kier alpha value is -3.36. The van der Waals surface area contributed by atoms with Crippen LogP contribution in [0.15, 0.2) is 71.6 Å². The van der Waals surface area contributed by atoms with E-state index < -0.39 is 11.2 Å². The van der Waals surface area contributed by atoms with Crippen LogP contribution in [0.25, 0.3) is 10.2 Å². The molecule has 0 aliphatic carbocycles. The number of primary amides is 1. The molecule has 6 nitrogen and oxygen atoms in total. The third-order valence-corrected chi connectivity index (χ3v) is 10.8. The van der Waals surface area contributed by atoms with Crippen LogP contribution in [0.2, 0.25) is 0 Å². The van der Waals surface area contributed by atoms with Crippen LogP contribution in [-0.4, -0.2) is 29.9 Å². The maximum Gasteiger partial charge on any atom is 0.251 e. The van der Waals surface area contributed by atoms with Crippen molar-refractivity contribution in [2.75, 3.05) is 13.2 Å². The second-order valence-electron chi connectivity index (χ2n) is 12.1. The van der Waals surface area contributed by atoms with Gasteiger partial charge in [-0.2, -0.15) is 0 Å². The highest BCUT2D eigenvalue weighted by Gasteiger charge is 2.27. The lowest BCUT2D eigenvalue weighted by Gasteiger charge is -2.30. The number of amides is 2. The van der Waals surface area contributed by atoms with Gasteiger partial charge in [-0.15, -0.1) is 23.1 Å². The number of ether oxygens (including phenoxy) is 1. The van der Waals surface area contributed by atoms with Gasteiger partial charge in [0, 0.05) is 22.6 Å². The molecule has 2 amide bonds. The highest BCUT2D eigenvalue weighted by atomic mass is 32.2. The average molecular weight is 618 g/mol. The zero-order valence-corrected chi connectivity index (χ0v) is 27.7. The van der Waals surface area contributed by atoms with E-state index in [9.17, 15) is 9.59 Å². The second kappa shape index (κ2) is 14.0. The second-order valence-corrected chi connectivity index (χ2v) is 14.3. The van der Waals surface area contributed by atoms with Gasteiger partial charge in [0.05, 0.1) is 16.8 Å². The van der Waals surface area contributed by atoms with E-state index in [1.54, 1.807) is 12.1 Å². The monoisotopic (exact) mass is 617 g/mol. The van der Waals surface area contributed by atoms with E-state index in [1.807, 2.05) is 36.4 Å². The van der Waals surface area contributed by atoms with Crippen LogP contribution in [-0.2, 0) is 15.6 Å². The number of para-hydroxylation sites is 1. The molecule has 228 valence electrons. The molecule has 4 aromatic rings. The molecule has 1 atom stereocenters. The van der Waals surface area contributed by atoms with Crippen molar-refractivity contribution in [3.05, 3.63) is 88.4 Å². The number of carbonyl (C=O) groups is 2. The third-order valence-electron chi connectivity index (χ3n) is 8.29. The summed E-state index contributed by atoms with van der Waals surface area (Å²) < 4.78 is 7.26. The zero-order valence-electron chi connectivity index (χ0n) is 26.0. The molecular formula is C35H43N3O3S2. The highest BCUT2D eigenvalue weighted by Crippen LogP contribution is 2.40. The average Bonchev–Trinajstić information content (AvgIpc) is 3.43. The Kier molecular flexibility index (Phi) is 10.6. The maximum atomic E-state index is 12.8. The maximum absolute atomic E-state index is 12.8. The molecule has 0 bridgehead atoms. The van der Waals surface area contributed by atoms with Gasteiger partial charge in [0.15, 0.2) is 0 Å². The van der Waals surface area contributed by atoms with Crippen molar-refractivity contribution in [2.24, 2.45) is 5.73 Å². The van der Waals surface area contributed by atoms with E-state index in [0.29, 0.717) is 30.1 Å². The summed E-state index contributed by atoms with van der Waals surface area (Å²) in [6, 6.07) is 21.6. The number of nitrogens with zero attached hydrogens (tertiary/aromatic N) is 1. The van der Waals surface area contributed by atoms with E-state index in [1.165, 1.54) is 34.2 Å². The zero-order chi connectivity index (χ0) is 31.2. The fraction of sp³-hybridized carbons (Fsp3) is 0.400. The Morgan fingerprint density at radius 1 is 0.977 bits per heavy atom. The van der Waals surface area contributed by atoms with Gasteiger partial charge in [-0.25, -0.2) is 4.98 Å². The van der Waals surface area contributed by atoms with Crippen LogP contribution in [0, 0.1) is 0 Å². The van der Waals surface area contributed by atoms with Crippen LogP contribution in [0.5, 0.6) is 5.75 Å². The summed E-state index contributed by atoms with van der Waals surface area (Å²) >= 11 is 2.81. The normalized spacial score (nSPS) is 12.7. The SMILES string of the molecule is CCC(C)(C)c1ccc(OCCCNC(=O)c2ccc(SC(C(N)=O)c3nc4ccccc4s3)cc2)c(C(C)(C)CC)c1. The lowest BCUT2D eigenvalue weighted by Crippen LogP contribution is -2.26. The van der Waals surface area contributed by atoms with Crippen molar-refractivity contribution in [1.29, 1.82) is 0 Å². The Labute approximate surface area is 263 Å². The Morgan fingerprint density at radius 3 is 2.33 bits per heavy atom. The standard InChI is InChI=1S/C35H43N3O3S2/c1-7-34(3,4)24-16-19-28(26(22-24)35(5,6)8-2)41-21-11-20-37-32(40)23-14-17-25(18-15-23)42-30(31(36)39)33-38-27-12-9-10-13-29(27)43-33/h9-10,12-19,22,30H,7-8,11,20-21H2,1-6H3,(H2,36,39)(H,37,40). The number of aromatic nitrogens is 1. The number of hydrogen-bond acceptors (Lipinski definition) is 6. The molecule has 3 N–H and O–H groups in total. The summed E-state index contributed by atoms with van der Waals surface area (Å²) in [7, 11) is 0. The molecule has 0 saturated carbocycles. The van der Waals surface area contributed by atoms with Crippen LogP contribution in [0.3, 0.4) is 0 Å². The first-order valence-corrected chi connectivity index (χ1v) is 16.6. The number of thioether (sulfide) groups is 1. The van der Waals surface area contributed by atoms with E-state index in [2.05, 4.69) is 70.0 Å². The van der Waals surface area contributed by atoms with Crippen LogP contribution < -0.4 is 15.8 Å². The van der Waals surface area contributed by atoms with Crippen molar-refractivity contribution in [1.82, 2.24) is 10.3 Å². The molecule has 3 aromatic carbocycles. The fourth-order valence-corrected chi connectivity index (χ4v) is 6.69. The van der Waals surface area contributed by atoms with Gasteiger partial charge in [0.2, 0.25) is 5.91 Å². The predicted octanol–water partition coefficient (Wildman–Crippen LogP) is 8.19. The fourth-order valence-electron chi connectivity index (χ4n) is 4.61. The molecule has 8 heteroatoms. The first-order valence-electron chi connectivity index (χ1n) is 14.9. The molecule has 1 unspecified atom stereocenters. The number of benzene rings is 3. The van der Waals surface area contributed by atoms with Crippen molar-refractivity contribution in [2.45, 2.75) is 81.8 Å². The van der Waals surface area contributed by atoms with Crippen molar-refractivity contribution >= 4 is 45.1 Å². The van der Waals surface area contributed by atoms with Gasteiger partial charge in [0.25, 0.3) is 5.91 Å². The van der Waals surface area contributed by atoms with E-state index >= 15 is 0 Å². The lowest BCUT2D eigenvalue weighted by molar-refractivity contribution is -0.117. The van der Waals surface area contributed by atoms with E-state index in [0.717, 1.165) is 33.7 Å². The van der Waals surface area contributed by atoms with E-state index in [4.69, 9.17) is 10.5 Å². The lowest BCUT2D eigenvalue weighted by atomic mass is 9.76. The molecule has 0 spiro atoms. The van der Waals surface area contributed by atoms with E-state index in [-0.39, 0.29) is 16.7 Å². The quantitative estimate of drug-likeness (QED) is 0.110. The largest absolute Gasteiger partial charge is 0.493 e. The highest BCUT2D eigenvalue weighted by molar-refractivity contribution is 8.00. The van der Waals surface area contributed by atoms with Gasteiger partial charge in [-0.05, 0) is 78.1 Å². The van der Waals surface area contributed by atoms with Gasteiger partial charge in [-0.1, -0.05) is 65.8 Å². The summed E-state index contributed by atoms with van der Waals surface area (Å²) in [5.74, 6) is 0.328. The van der Waals surface area contributed by atoms with Crippen molar-refractivity contribution < 1.29 is 14.3 Å². The minimum atomic E-state index is -0.602. The smallest absolute Gasteiger partial charge is 0.251 e. The third kappa shape index (κ3) is 7.98. The number of nitrogens with two attached hydrogens (primary N) is 1. The molecule has 4 rings (SSSR count). The number of hydrogen-bond donors (Lipinski definition) is 2. The van der Waals surface area contributed by atoms with Crippen LogP contribution in [0.1, 0.15) is 92.5 Å². The number of carbonyl (C=O) groups excluding carboxylic acids is 2. The van der Waals surface area contributed by atoms with Gasteiger partial charge >= 0.3 is 0 Å². The molecule has 0 saturated heterocycles. The molecule has 0 radical (unpaired) electrons. The molecule has 0 aliphatic heterocycles. The Bertz CT molecular complexity index is 1530. The summed E-state index contributed by atoms with van der Waals surface area (Å²) in [5, 5.41) is 3.06. The molecule has 1 aromatic heterocycles. The number of thiazole rings is 1. The minimum absolute atomic E-state index is 0.000320. The van der Waals surface area contributed by atoms with Gasteiger partial charge < -0.3 is 15.8 Å². The Morgan fingerprint density at radius 2 is 1.67 bits per heavy atom. The topological polar surface area (TPSA) is 94.3 Å². The Balaban J connectivity index is 1.31. The molecule has 0 aliphatic rings. The number of fused-ring (bicyclic) bond motifs is 1. The first kappa shape index (κ1) is 32.6. The summed E-state index contributed by atoms with van der Waals surface area (Å²) in [4.78, 5) is 30.5. The molecular weight excluding hydrogens is 575 g/mol. The molecule has 43 heavy (non-hydrogen) atoms. The van der Waals surface area contributed by atoms with Gasteiger partial charge in [-0.3, -0.25) is 9.59 Å². The predicted molar refractivity (Wildman–Crippen MR) is 179 cm³/mol. The molecule has 1 heterocycles. The summed E-state index contributed by atoms with van der Waals surface area (Å²) in [6.45, 7) is 14.5.